The molecule has 8 nitrogen and oxygen atoms in total. The van der Waals surface area contributed by atoms with E-state index in [1.807, 2.05) is 0 Å². The van der Waals surface area contributed by atoms with Crippen molar-refractivity contribution in [3.63, 3.8) is 0 Å². The van der Waals surface area contributed by atoms with Crippen LogP contribution < -0.4 is 45.1 Å². The number of nitrogens with one attached hydrogen (secondary N) is 1. The van der Waals surface area contributed by atoms with Gasteiger partial charge in [-0.25, -0.2) is 8.42 Å². The number of nitrogens with two attached hydrogens (primary N) is 1. The molecule has 11 heteroatoms. The van der Waals surface area contributed by atoms with Crippen LogP contribution in [0.15, 0.2) is 52.3 Å². The number of rotatable bonds is 4. The van der Waals surface area contributed by atoms with Gasteiger partial charge in [0.25, 0.3) is 20.1 Å². The summed E-state index contributed by atoms with van der Waals surface area (Å²) in [6, 6.07) is 7.71. The molecule has 0 fully saturated rings. The summed E-state index contributed by atoms with van der Waals surface area (Å²) in [5.41, 5.74) is 5.08. The van der Waals surface area contributed by atoms with Gasteiger partial charge in [0, 0.05) is 5.69 Å². The van der Waals surface area contributed by atoms with Crippen molar-refractivity contribution in [2.24, 2.45) is 0 Å². The van der Waals surface area contributed by atoms with E-state index in [0.29, 0.717) is 0 Å². The first-order valence-electron chi connectivity index (χ1n) is 5.76. The van der Waals surface area contributed by atoms with Gasteiger partial charge in [-0.2, -0.15) is 8.42 Å². The van der Waals surface area contributed by atoms with Crippen LogP contribution in [-0.2, 0) is 20.1 Å². The van der Waals surface area contributed by atoms with Gasteiger partial charge >= 0.3 is 29.6 Å². The first-order chi connectivity index (χ1) is 10.1. The predicted molar refractivity (Wildman–Crippen MR) is 77.4 cm³/mol. The molecule has 0 saturated heterocycles. The number of hydrogen-bond acceptors (Lipinski definition) is 6. The predicted octanol–water partition coefficient (Wildman–Crippen LogP) is -2.61. The minimum atomic E-state index is -4.45. The van der Waals surface area contributed by atoms with E-state index in [2.05, 4.69) is 4.72 Å². The molecule has 0 unspecified atom stereocenters. The Hall–Kier alpha value is -1.30. The third kappa shape index (κ3) is 4.83. The molecule has 2 rings (SSSR count). The molecule has 2 aromatic carbocycles. The van der Waals surface area contributed by atoms with Crippen LogP contribution >= 0.6 is 0 Å². The van der Waals surface area contributed by atoms with E-state index in [0.717, 1.165) is 30.3 Å². The van der Waals surface area contributed by atoms with Crippen molar-refractivity contribution in [2.75, 3.05) is 10.5 Å². The molecule has 0 radical (unpaired) electrons. The van der Waals surface area contributed by atoms with Crippen molar-refractivity contribution in [2.45, 2.75) is 9.79 Å². The van der Waals surface area contributed by atoms with E-state index in [1.165, 1.54) is 12.1 Å². The van der Waals surface area contributed by atoms with Crippen LogP contribution in [0.1, 0.15) is 0 Å². The molecule has 0 atom stereocenters. The van der Waals surface area contributed by atoms with Crippen molar-refractivity contribution < 1.29 is 56.1 Å². The maximum Gasteiger partial charge on any atom is 1.00 e. The summed E-state index contributed by atoms with van der Waals surface area (Å²) in [5.74, 6) is -0.507. The normalized spacial score (nSPS) is 11.5. The molecule has 0 amide bonds. The molecule has 118 valence electrons. The van der Waals surface area contributed by atoms with Crippen molar-refractivity contribution in [1.29, 1.82) is 0 Å². The first-order valence-corrected chi connectivity index (χ1v) is 8.69. The Kier molecular flexibility index (Phi) is 6.07. The van der Waals surface area contributed by atoms with E-state index in [4.69, 9.17) is 10.3 Å². The molecule has 4 N–H and O–H groups in total. The maximum atomic E-state index is 12.1. The van der Waals surface area contributed by atoms with Gasteiger partial charge in [-0.05, 0) is 30.3 Å². The minimum Gasteiger partial charge on any atom is -0.871 e. The van der Waals surface area contributed by atoms with Crippen LogP contribution in [0.5, 0.6) is 5.75 Å². The third-order valence-corrected chi connectivity index (χ3v) is 4.90. The second-order valence-corrected chi connectivity index (χ2v) is 7.41. The van der Waals surface area contributed by atoms with E-state index in [9.17, 15) is 21.9 Å². The molecule has 0 heterocycles. The molecular formula is C12H11N2NaO6S2. The average molecular weight is 366 g/mol. The van der Waals surface area contributed by atoms with Gasteiger partial charge in [0.15, 0.2) is 0 Å². The van der Waals surface area contributed by atoms with E-state index < -0.39 is 30.8 Å². The van der Waals surface area contributed by atoms with Gasteiger partial charge < -0.3 is 10.8 Å². The summed E-state index contributed by atoms with van der Waals surface area (Å²) in [4.78, 5) is -0.705. The fraction of sp³-hybridized carbons (Fsp3) is 0. The zero-order valence-corrected chi connectivity index (χ0v) is 15.6. The standard InChI is InChI=1S/C12H12N2O6S2.Na/c13-11-7-9(4-5-12(11)15)21(16,17)14-8-2-1-3-10(6-8)22(18,19)20;/h1-7,14-15H,13H2,(H,18,19,20);/q;+1/p-1. The fourth-order valence-corrected chi connectivity index (χ4v) is 3.24. The molecule has 2 aromatic rings. The molecule has 0 bridgehead atoms. The molecule has 23 heavy (non-hydrogen) atoms. The van der Waals surface area contributed by atoms with Crippen molar-refractivity contribution >= 4 is 31.5 Å². The molecule has 0 aromatic heterocycles. The number of hydrogen-bond donors (Lipinski definition) is 3. The molecular weight excluding hydrogens is 355 g/mol. The van der Waals surface area contributed by atoms with E-state index >= 15 is 0 Å². The van der Waals surface area contributed by atoms with Crippen LogP contribution in [-0.4, -0.2) is 21.4 Å². The SMILES string of the molecule is Nc1cc(S(=O)(=O)Nc2cccc(S(=O)(=O)O)c2)ccc1[O-].[Na+]. The summed E-state index contributed by atoms with van der Waals surface area (Å²) in [6.07, 6.45) is 0. The van der Waals surface area contributed by atoms with Gasteiger partial charge in [0.1, 0.15) is 0 Å². The van der Waals surface area contributed by atoms with Crippen LogP contribution in [0.3, 0.4) is 0 Å². The zero-order chi connectivity index (χ0) is 16.5. The zero-order valence-electron chi connectivity index (χ0n) is 11.9. The van der Waals surface area contributed by atoms with Crippen LogP contribution in [0.2, 0.25) is 0 Å². The van der Waals surface area contributed by atoms with Gasteiger partial charge in [0.05, 0.1) is 15.5 Å². The van der Waals surface area contributed by atoms with Crippen molar-refractivity contribution in [3.8, 4) is 5.75 Å². The summed E-state index contributed by atoms with van der Waals surface area (Å²) < 4.78 is 57.4. The van der Waals surface area contributed by atoms with Gasteiger partial charge in [-0.3, -0.25) is 9.27 Å². The quantitative estimate of drug-likeness (QED) is 0.305. The van der Waals surface area contributed by atoms with Gasteiger partial charge in [-0.15, -0.1) is 0 Å². The monoisotopic (exact) mass is 366 g/mol. The van der Waals surface area contributed by atoms with Crippen molar-refractivity contribution in [1.82, 2.24) is 0 Å². The molecule has 0 saturated carbocycles. The van der Waals surface area contributed by atoms with Crippen LogP contribution in [0.4, 0.5) is 11.4 Å². The average Bonchev–Trinajstić information content (AvgIpc) is 2.40. The Bertz CT molecular complexity index is 928. The number of anilines is 2. The molecule has 0 aliphatic heterocycles. The third-order valence-electron chi connectivity index (χ3n) is 2.68. The van der Waals surface area contributed by atoms with Crippen LogP contribution in [0.25, 0.3) is 0 Å². The fourth-order valence-electron chi connectivity index (χ4n) is 1.63. The number of nitrogen functional groups attached to an aromatic ring is 1. The Morgan fingerprint density at radius 1 is 1.00 bits per heavy atom. The van der Waals surface area contributed by atoms with Crippen molar-refractivity contribution in [3.05, 3.63) is 42.5 Å². The maximum absolute atomic E-state index is 12.1. The summed E-state index contributed by atoms with van der Waals surface area (Å²) in [5, 5.41) is 11.2. The Morgan fingerprint density at radius 2 is 1.65 bits per heavy atom. The number of benzene rings is 2. The Labute approximate surface area is 155 Å². The molecule has 0 aliphatic rings. The van der Waals surface area contributed by atoms with Gasteiger partial charge in [-0.1, -0.05) is 17.9 Å². The molecule has 0 aliphatic carbocycles. The summed E-state index contributed by atoms with van der Waals surface area (Å²) in [6.45, 7) is 0. The topological polar surface area (TPSA) is 150 Å². The first kappa shape index (κ1) is 19.7. The Morgan fingerprint density at radius 3 is 2.22 bits per heavy atom. The van der Waals surface area contributed by atoms with E-state index in [-0.39, 0.29) is 45.8 Å². The number of sulfonamides is 1. The van der Waals surface area contributed by atoms with E-state index in [1.54, 1.807) is 0 Å². The summed E-state index contributed by atoms with van der Waals surface area (Å²) in [7, 11) is -8.51. The minimum absolute atomic E-state index is 0. The smallest absolute Gasteiger partial charge is 0.871 e. The van der Waals surface area contributed by atoms with Gasteiger partial charge in [0.2, 0.25) is 0 Å². The second kappa shape index (κ2) is 7.07. The Balaban J connectivity index is 0.00000264. The second-order valence-electron chi connectivity index (χ2n) is 4.31. The van der Waals surface area contributed by atoms with Crippen LogP contribution in [0, 0.1) is 0 Å². The largest absolute Gasteiger partial charge is 1.00 e. The summed E-state index contributed by atoms with van der Waals surface area (Å²) >= 11 is 0. The molecule has 0 spiro atoms.